The van der Waals surface area contributed by atoms with Crippen LogP contribution in [-0.4, -0.2) is 18.5 Å². The fourth-order valence-electron chi connectivity index (χ4n) is 1.33. The third-order valence-corrected chi connectivity index (χ3v) is 2.09. The van der Waals surface area contributed by atoms with Crippen molar-refractivity contribution in [3.8, 4) is 0 Å². The van der Waals surface area contributed by atoms with Gasteiger partial charge in [-0.25, -0.2) is 0 Å². The Labute approximate surface area is 85.1 Å². The summed E-state index contributed by atoms with van der Waals surface area (Å²) in [5.74, 6) is 1.46. The lowest BCUT2D eigenvalue weighted by atomic mass is 10.2. The van der Waals surface area contributed by atoms with E-state index in [2.05, 4.69) is 0 Å². The topological polar surface area (TPSA) is 35.5 Å². The van der Waals surface area contributed by atoms with E-state index < -0.39 is 0 Å². The molecule has 0 saturated heterocycles. The van der Waals surface area contributed by atoms with E-state index in [-0.39, 0.29) is 11.9 Å². The van der Waals surface area contributed by atoms with Crippen molar-refractivity contribution in [2.45, 2.75) is 40.2 Å². The molecule has 1 atom stereocenters. The van der Waals surface area contributed by atoms with Gasteiger partial charge < -0.3 is 9.47 Å². The molecule has 1 aliphatic heterocycles. The molecule has 1 aliphatic rings. The van der Waals surface area contributed by atoms with Gasteiger partial charge in [-0.15, -0.1) is 0 Å². The molecule has 0 radical (unpaired) electrons. The van der Waals surface area contributed by atoms with Crippen molar-refractivity contribution in [1.29, 1.82) is 0 Å². The molecular formula is C11H18O3. The van der Waals surface area contributed by atoms with E-state index in [9.17, 15) is 4.79 Å². The summed E-state index contributed by atoms with van der Waals surface area (Å²) in [6.45, 7) is 8.38. The van der Waals surface area contributed by atoms with Crippen LogP contribution >= 0.6 is 0 Å². The van der Waals surface area contributed by atoms with Crippen LogP contribution < -0.4 is 0 Å². The van der Waals surface area contributed by atoms with Gasteiger partial charge in [-0.2, -0.15) is 0 Å². The van der Waals surface area contributed by atoms with E-state index in [1.807, 2.05) is 20.8 Å². The van der Waals surface area contributed by atoms with Crippen LogP contribution in [0.15, 0.2) is 11.5 Å². The molecule has 0 bridgehead atoms. The summed E-state index contributed by atoms with van der Waals surface area (Å²) in [5, 5.41) is 0. The number of allylic oxidation sites excluding steroid dienone is 1. The van der Waals surface area contributed by atoms with Gasteiger partial charge in [0.15, 0.2) is 6.10 Å². The van der Waals surface area contributed by atoms with Gasteiger partial charge in [0.2, 0.25) is 11.5 Å². The predicted molar refractivity (Wildman–Crippen MR) is 53.7 cm³/mol. The van der Waals surface area contributed by atoms with E-state index in [0.29, 0.717) is 30.5 Å². The molecule has 0 saturated carbocycles. The predicted octanol–water partition coefficient (Wildman–Crippen LogP) is 2.27. The minimum Gasteiger partial charge on any atom is -0.486 e. The summed E-state index contributed by atoms with van der Waals surface area (Å²) in [4.78, 5) is 11.7. The highest BCUT2D eigenvalue weighted by Gasteiger charge is 2.33. The van der Waals surface area contributed by atoms with Crippen LogP contribution in [0.5, 0.6) is 0 Å². The van der Waals surface area contributed by atoms with Crippen molar-refractivity contribution in [1.82, 2.24) is 0 Å². The lowest BCUT2D eigenvalue weighted by Crippen LogP contribution is -2.18. The van der Waals surface area contributed by atoms with Crippen molar-refractivity contribution in [2.75, 3.05) is 6.61 Å². The average molecular weight is 198 g/mol. The van der Waals surface area contributed by atoms with E-state index >= 15 is 0 Å². The van der Waals surface area contributed by atoms with E-state index in [4.69, 9.17) is 9.47 Å². The zero-order chi connectivity index (χ0) is 10.7. The van der Waals surface area contributed by atoms with E-state index in [0.717, 1.165) is 0 Å². The Kier molecular flexibility index (Phi) is 3.55. The molecule has 0 aliphatic carbocycles. The second-order valence-corrected chi connectivity index (χ2v) is 3.97. The summed E-state index contributed by atoms with van der Waals surface area (Å²) in [5.41, 5.74) is 0. The Bertz CT molecular complexity index is 253. The first-order valence-corrected chi connectivity index (χ1v) is 5.10. The Morgan fingerprint density at radius 1 is 1.50 bits per heavy atom. The first-order chi connectivity index (χ1) is 6.56. The lowest BCUT2D eigenvalue weighted by molar-refractivity contribution is -0.124. The van der Waals surface area contributed by atoms with Crippen LogP contribution in [-0.2, 0) is 14.3 Å². The van der Waals surface area contributed by atoms with Crippen LogP contribution in [0, 0.1) is 5.92 Å². The maximum Gasteiger partial charge on any atom is 0.241 e. The largest absolute Gasteiger partial charge is 0.486 e. The summed E-state index contributed by atoms with van der Waals surface area (Å²) in [7, 11) is 0. The molecule has 0 aromatic carbocycles. The molecule has 0 N–H and O–H groups in total. The minimum atomic E-state index is -0.322. The highest BCUT2D eigenvalue weighted by molar-refractivity contribution is 5.99. The summed E-state index contributed by atoms with van der Waals surface area (Å²) >= 11 is 0. The van der Waals surface area contributed by atoms with Gasteiger partial charge >= 0.3 is 0 Å². The van der Waals surface area contributed by atoms with Crippen LogP contribution in [0.2, 0.25) is 0 Å². The maximum atomic E-state index is 11.7. The van der Waals surface area contributed by atoms with Gasteiger partial charge in [0.05, 0.1) is 6.61 Å². The highest BCUT2D eigenvalue weighted by atomic mass is 16.5. The number of hydrogen-bond donors (Lipinski definition) is 0. The fraction of sp³-hybridized carbons (Fsp3) is 0.727. The maximum absolute atomic E-state index is 11.7. The molecule has 14 heavy (non-hydrogen) atoms. The number of carbonyl (C=O) groups is 1. The number of carbonyl (C=O) groups excluding carboxylic acids is 1. The van der Waals surface area contributed by atoms with Crippen LogP contribution in [0.25, 0.3) is 0 Å². The zero-order valence-electron chi connectivity index (χ0n) is 9.29. The van der Waals surface area contributed by atoms with Gasteiger partial charge in [-0.05, 0) is 19.3 Å². The molecule has 0 amide bonds. The van der Waals surface area contributed by atoms with Crippen molar-refractivity contribution < 1.29 is 14.3 Å². The fourth-order valence-corrected chi connectivity index (χ4v) is 1.33. The highest BCUT2D eigenvalue weighted by Crippen LogP contribution is 2.24. The SMILES string of the molecule is CCC1OC(C)=C(OCC(C)C)C1=O. The van der Waals surface area contributed by atoms with E-state index in [1.165, 1.54) is 0 Å². The molecule has 80 valence electrons. The van der Waals surface area contributed by atoms with Crippen molar-refractivity contribution in [3.63, 3.8) is 0 Å². The third-order valence-electron chi connectivity index (χ3n) is 2.09. The molecule has 3 heteroatoms. The number of hydrogen-bond acceptors (Lipinski definition) is 3. The summed E-state index contributed by atoms with van der Waals surface area (Å²) in [6.07, 6.45) is 0.377. The summed E-state index contributed by atoms with van der Waals surface area (Å²) < 4.78 is 10.8. The van der Waals surface area contributed by atoms with Gasteiger partial charge in [0, 0.05) is 0 Å². The van der Waals surface area contributed by atoms with Gasteiger partial charge in [0.25, 0.3) is 0 Å². The molecule has 1 rings (SSSR count). The standard InChI is InChI=1S/C11H18O3/c1-5-9-10(12)11(8(4)14-9)13-6-7(2)3/h7,9H,5-6H2,1-4H3. The summed E-state index contributed by atoms with van der Waals surface area (Å²) in [6, 6.07) is 0. The van der Waals surface area contributed by atoms with Crippen molar-refractivity contribution in [3.05, 3.63) is 11.5 Å². The molecule has 0 aromatic rings. The molecule has 1 heterocycles. The second-order valence-electron chi connectivity index (χ2n) is 3.97. The zero-order valence-corrected chi connectivity index (χ0v) is 9.29. The number of ether oxygens (including phenoxy) is 2. The quantitative estimate of drug-likeness (QED) is 0.695. The normalized spacial score (nSPS) is 21.8. The Morgan fingerprint density at radius 3 is 2.57 bits per heavy atom. The number of ketones is 1. The molecule has 0 aromatic heterocycles. The number of Topliss-reactive ketones (excluding diaryl/α,β-unsaturated/α-hetero) is 1. The first kappa shape index (κ1) is 11.1. The molecule has 0 fully saturated rings. The van der Waals surface area contributed by atoms with Gasteiger partial charge in [-0.1, -0.05) is 20.8 Å². The molecule has 0 spiro atoms. The smallest absolute Gasteiger partial charge is 0.241 e. The minimum absolute atomic E-state index is 0.00866. The average Bonchev–Trinajstić information content (AvgIpc) is 2.39. The third kappa shape index (κ3) is 2.28. The van der Waals surface area contributed by atoms with Crippen molar-refractivity contribution >= 4 is 5.78 Å². The van der Waals surface area contributed by atoms with Gasteiger partial charge in [0.1, 0.15) is 5.76 Å². The van der Waals surface area contributed by atoms with Gasteiger partial charge in [-0.3, -0.25) is 4.79 Å². The van der Waals surface area contributed by atoms with E-state index in [1.54, 1.807) is 6.92 Å². The Balaban J connectivity index is 2.59. The Morgan fingerprint density at radius 2 is 2.14 bits per heavy atom. The monoisotopic (exact) mass is 198 g/mol. The van der Waals surface area contributed by atoms with Crippen LogP contribution in [0.4, 0.5) is 0 Å². The molecule has 1 unspecified atom stereocenters. The second kappa shape index (κ2) is 4.49. The lowest BCUT2D eigenvalue weighted by Gasteiger charge is -2.08. The molecule has 3 nitrogen and oxygen atoms in total. The number of rotatable bonds is 4. The van der Waals surface area contributed by atoms with Crippen molar-refractivity contribution in [2.24, 2.45) is 5.92 Å². The Hall–Kier alpha value is -0.990. The van der Waals surface area contributed by atoms with Crippen LogP contribution in [0.1, 0.15) is 34.1 Å². The molecular weight excluding hydrogens is 180 g/mol. The van der Waals surface area contributed by atoms with Crippen LogP contribution in [0.3, 0.4) is 0 Å². The first-order valence-electron chi connectivity index (χ1n) is 5.10.